The van der Waals surface area contributed by atoms with Gasteiger partial charge in [0.2, 0.25) is 10.0 Å². The number of hydrogen-bond donors (Lipinski definition) is 1. The van der Waals surface area contributed by atoms with Gasteiger partial charge in [0.15, 0.2) is 6.61 Å². The fourth-order valence-electron chi connectivity index (χ4n) is 2.92. The van der Waals surface area contributed by atoms with Crippen LogP contribution in [0, 0.1) is 0 Å². The van der Waals surface area contributed by atoms with E-state index in [1.165, 1.54) is 33.5 Å². The van der Waals surface area contributed by atoms with Crippen LogP contribution in [-0.2, 0) is 19.6 Å². The second-order valence-electron chi connectivity index (χ2n) is 6.41. The summed E-state index contributed by atoms with van der Waals surface area (Å²) in [5, 5.41) is 0.327. The molecule has 1 fully saturated rings. The van der Waals surface area contributed by atoms with Crippen LogP contribution in [0.4, 0.5) is 5.69 Å². The first-order chi connectivity index (χ1) is 13.8. The number of piperazine rings is 1. The molecule has 1 saturated heterocycles. The maximum Gasteiger partial charge on any atom is 0.340 e. The summed E-state index contributed by atoms with van der Waals surface area (Å²) in [6.07, 6.45) is 0. The van der Waals surface area contributed by atoms with Crippen LogP contribution in [0.25, 0.3) is 0 Å². The molecule has 1 amide bonds. The molecule has 0 aromatic heterocycles. The van der Waals surface area contributed by atoms with E-state index in [1.54, 1.807) is 24.3 Å². The van der Waals surface area contributed by atoms with Gasteiger partial charge in [-0.3, -0.25) is 4.79 Å². The van der Waals surface area contributed by atoms with E-state index >= 15 is 0 Å². The van der Waals surface area contributed by atoms with E-state index in [1.807, 2.05) is 0 Å². The highest BCUT2D eigenvalue weighted by atomic mass is 35.5. The van der Waals surface area contributed by atoms with Crippen molar-refractivity contribution in [1.29, 1.82) is 0 Å². The van der Waals surface area contributed by atoms with E-state index in [-0.39, 0.29) is 42.3 Å². The maximum atomic E-state index is 12.6. The molecule has 0 unspecified atom stereocenters. The highest BCUT2D eigenvalue weighted by Crippen LogP contribution is 2.19. The van der Waals surface area contributed by atoms with Gasteiger partial charge in [0.05, 0.1) is 10.5 Å². The summed E-state index contributed by atoms with van der Waals surface area (Å²) in [5.74, 6) is -1.15. The molecule has 10 heteroatoms. The third-order valence-corrected chi connectivity index (χ3v) is 6.68. The number of nitrogens with zero attached hydrogens (tertiary/aromatic N) is 2. The van der Waals surface area contributed by atoms with Gasteiger partial charge in [-0.15, -0.1) is 0 Å². The van der Waals surface area contributed by atoms with E-state index in [2.05, 4.69) is 0 Å². The Kier molecular flexibility index (Phi) is 6.41. The van der Waals surface area contributed by atoms with Crippen molar-refractivity contribution in [1.82, 2.24) is 9.21 Å². The van der Waals surface area contributed by atoms with Crippen LogP contribution in [0.2, 0.25) is 5.02 Å². The van der Waals surface area contributed by atoms with Gasteiger partial charge in [-0.25, -0.2) is 13.2 Å². The zero-order valence-corrected chi connectivity index (χ0v) is 17.0. The van der Waals surface area contributed by atoms with Gasteiger partial charge in [0, 0.05) is 36.9 Å². The van der Waals surface area contributed by atoms with E-state index in [9.17, 15) is 18.0 Å². The number of nitrogen functional groups attached to an aromatic ring is 1. The van der Waals surface area contributed by atoms with Crippen molar-refractivity contribution in [2.75, 3.05) is 38.5 Å². The van der Waals surface area contributed by atoms with Crippen LogP contribution in [0.15, 0.2) is 53.4 Å². The minimum atomic E-state index is -3.60. The van der Waals surface area contributed by atoms with Crippen molar-refractivity contribution in [3.63, 3.8) is 0 Å². The molecule has 1 aliphatic rings. The van der Waals surface area contributed by atoms with Gasteiger partial charge in [-0.05, 0) is 30.3 Å². The fourth-order valence-corrected chi connectivity index (χ4v) is 4.54. The molecule has 3 rings (SSSR count). The Morgan fingerprint density at radius 3 is 2.34 bits per heavy atom. The first-order valence-corrected chi connectivity index (χ1v) is 10.7. The third-order valence-electron chi connectivity index (χ3n) is 4.53. The first kappa shape index (κ1) is 21.1. The summed E-state index contributed by atoms with van der Waals surface area (Å²) in [5.41, 5.74) is 6.01. The Morgan fingerprint density at radius 2 is 1.69 bits per heavy atom. The number of ether oxygens (including phenoxy) is 1. The molecule has 1 heterocycles. The van der Waals surface area contributed by atoms with E-state index < -0.39 is 28.5 Å². The van der Waals surface area contributed by atoms with Gasteiger partial charge < -0.3 is 15.4 Å². The number of amides is 1. The third kappa shape index (κ3) is 4.87. The molecular weight excluding hydrogens is 418 g/mol. The largest absolute Gasteiger partial charge is 0.452 e. The smallest absolute Gasteiger partial charge is 0.340 e. The lowest BCUT2D eigenvalue weighted by molar-refractivity contribution is -0.135. The number of benzene rings is 2. The minimum Gasteiger partial charge on any atom is -0.452 e. The summed E-state index contributed by atoms with van der Waals surface area (Å²) in [6, 6.07) is 12.5. The number of nitrogens with two attached hydrogens (primary N) is 1. The molecule has 0 spiro atoms. The quantitative estimate of drug-likeness (QED) is 0.562. The van der Waals surface area contributed by atoms with Crippen molar-refractivity contribution in [2.45, 2.75) is 4.90 Å². The van der Waals surface area contributed by atoms with E-state index in [0.29, 0.717) is 5.02 Å². The standard InChI is InChI=1S/C19H20ClN3O5S/c20-14-6-7-17(21)16(12-14)19(25)28-13-18(24)22-8-10-23(11-9-22)29(26,27)15-4-2-1-3-5-15/h1-7,12H,8-11,13,21H2. The monoisotopic (exact) mass is 437 g/mol. The lowest BCUT2D eigenvalue weighted by atomic mass is 10.2. The zero-order chi connectivity index (χ0) is 21.0. The second-order valence-corrected chi connectivity index (χ2v) is 8.78. The van der Waals surface area contributed by atoms with Crippen molar-refractivity contribution in [3.05, 3.63) is 59.1 Å². The Bertz CT molecular complexity index is 1010. The van der Waals surface area contributed by atoms with Crippen molar-refractivity contribution < 1.29 is 22.7 Å². The SMILES string of the molecule is Nc1ccc(Cl)cc1C(=O)OCC(=O)N1CCN(S(=O)(=O)c2ccccc2)CC1. The highest BCUT2D eigenvalue weighted by molar-refractivity contribution is 7.89. The highest BCUT2D eigenvalue weighted by Gasteiger charge is 2.30. The number of anilines is 1. The second kappa shape index (κ2) is 8.81. The molecule has 2 aromatic carbocycles. The molecule has 29 heavy (non-hydrogen) atoms. The number of carbonyl (C=O) groups excluding carboxylic acids is 2. The predicted octanol–water partition coefficient (Wildman–Crippen LogP) is 1.61. The van der Waals surface area contributed by atoms with Crippen molar-refractivity contribution in [2.24, 2.45) is 0 Å². The molecule has 0 saturated carbocycles. The van der Waals surface area contributed by atoms with Gasteiger partial charge in [0.25, 0.3) is 5.91 Å². The van der Waals surface area contributed by atoms with Crippen LogP contribution in [0.1, 0.15) is 10.4 Å². The number of halogens is 1. The summed E-state index contributed by atoms with van der Waals surface area (Å²) < 4.78 is 31.6. The van der Waals surface area contributed by atoms with Gasteiger partial charge in [0.1, 0.15) is 0 Å². The number of carbonyl (C=O) groups is 2. The maximum absolute atomic E-state index is 12.6. The molecule has 0 bridgehead atoms. The summed E-state index contributed by atoms with van der Waals surface area (Å²) >= 11 is 5.85. The Morgan fingerprint density at radius 1 is 1.03 bits per heavy atom. The summed E-state index contributed by atoms with van der Waals surface area (Å²) in [4.78, 5) is 26.1. The summed E-state index contributed by atoms with van der Waals surface area (Å²) in [6.45, 7) is 0.288. The van der Waals surface area contributed by atoms with Crippen molar-refractivity contribution in [3.8, 4) is 0 Å². The molecule has 1 aliphatic heterocycles. The normalized spacial score (nSPS) is 15.1. The Balaban J connectivity index is 1.54. The molecule has 0 radical (unpaired) electrons. The number of sulfonamides is 1. The number of rotatable bonds is 5. The molecule has 8 nitrogen and oxygen atoms in total. The Hall–Kier alpha value is -2.62. The molecule has 0 aliphatic carbocycles. The molecule has 154 valence electrons. The fraction of sp³-hybridized carbons (Fsp3) is 0.263. The number of esters is 1. The van der Waals surface area contributed by atoms with Crippen molar-refractivity contribution >= 4 is 39.2 Å². The first-order valence-electron chi connectivity index (χ1n) is 8.84. The molecular formula is C19H20ClN3O5S. The summed E-state index contributed by atoms with van der Waals surface area (Å²) in [7, 11) is -3.60. The average molecular weight is 438 g/mol. The van der Waals surface area contributed by atoms with Crippen LogP contribution >= 0.6 is 11.6 Å². The van der Waals surface area contributed by atoms with Gasteiger partial charge >= 0.3 is 5.97 Å². The van der Waals surface area contributed by atoms with Crippen LogP contribution in [0.3, 0.4) is 0 Å². The van der Waals surface area contributed by atoms with E-state index in [0.717, 1.165) is 0 Å². The topological polar surface area (TPSA) is 110 Å². The lowest BCUT2D eigenvalue weighted by Gasteiger charge is -2.33. The molecule has 0 atom stereocenters. The molecule has 2 aromatic rings. The van der Waals surface area contributed by atoms with Crippen LogP contribution < -0.4 is 5.73 Å². The molecule has 2 N–H and O–H groups in total. The van der Waals surface area contributed by atoms with Gasteiger partial charge in [-0.1, -0.05) is 29.8 Å². The lowest BCUT2D eigenvalue weighted by Crippen LogP contribution is -2.51. The minimum absolute atomic E-state index is 0.0871. The predicted molar refractivity (Wildman–Crippen MR) is 108 cm³/mol. The zero-order valence-electron chi connectivity index (χ0n) is 15.5. The number of hydrogen-bond acceptors (Lipinski definition) is 6. The van der Waals surface area contributed by atoms with Crippen LogP contribution in [-0.4, -0.2) is 62.3 Å². The van der Waals surface area contributed by atoms with Crippen LogP contribution in [0.5, 0.6) is 0 Å². The average Bonchev–Trinajstić information content (AvgIpc) is 2.74. The Labute approximate surface area is 173 Å². The van der Waals surface area contributed by atoms with Gasteiger partial charge in [-0.2, -0.15) is 4.31 Å². The van der Waals surface area contributed by atoms with E-state index in [4.69, 9.17) is 22.1 Å².